The minimum atomic E-state index is -0.968. The fourth-order valence-electron chi connectivity index (χ4n) is 1.82. The van der Waals surface area contributed by atoms with Gasteiger partial charge in [0.1, 0.15) is 11.4 Å². The number of anilines is 1. The third-order valence-corrected chi connectivity index (χ3v) is 2.83. The molecule has 0 spiro atoms. The molecule has 1 aliphatic heterocycles. The van der Waals surface area contributed by atoms with Crippen LogP contribution < -0.4 is 10.9 Å². The van der Waals surface area contributed by atoms with Gasteiger partial charge in [0.05, 0.1) is 0 Å². The molecule has 3 amide bonds. The van der Waals surface area contributed by atoms with Crippen LogP contribution in [0.15, 0.2) is 18.2 Å². The maximum atomic E-state index is 12.0. The second kappa shape index (κ2) is 7.16. The van der Waals surface area contributed by atoms with Crippen molar-refractivity contribution in [1.29, 1.82) is 0 Å². The van der Waals surface area contributed by atoms with E-state index in [0.717, 1.165) is 0 Å². The van der Waals surface area contributed by atoms with Gasteiger partial charge in [0, 0.05) is 12.8 Å². The SMILES string of the molecule is CC(C)(C)OC(=O)NNc1cccc(C(=O)ON2C(=O)CCC2=O)n1. The van der Waals surface area contributed by atoms with Crippen LogP contribution in [0.4, 0.5) is 10.6 Å². The average molecular weight is 350 g/mol. The number of ether oxygens (including phenoxy) is 1. The minimum Gasteiger partial charge on any atom is -0.443 e. The van der Waals surface area contributed by atoms with E-state index < -0.39 is 29.5 Å². The minimum absolute atomic E-state index is 0.000938. The van der Waals surface area contributed by atoms with Crippen molar-refractivity contribution >= 4 is 29.7 Å². The van der Waals surface area contributed by atoms with E-state index in [1.54, 1.807) is 20.8 Å². The lowest BCUT2D eigenvalue weighted by Crippen LogP contribution is -2.36. The number of hydrogen-bond donors (Lipinski definition) is 2. The van der Waals surface area contributed by atoms with Crippen molar-refractivity contribution < 1.29 is 28.8 Å². The molecular weight excluding hydrogens is 332 g/mol. The molecule has 2 heterocycles. The zero-order valence-corrected chi connectivity index (χ0v) is 14.0. The Morgan fingerprint density at radius 2 is 1.80 bits per heavy atom. The highest BCUT2D eigenvalue weighted by Gasteiger charge is 2.33. The Hall–Kier alpha value is -3.17. The third kappa shape index (κ3) is 5.16. The first-order chi connectivity index (χ1) is 11.7. The molecule has 0 saturated carbocycles. The van der Waals surface area contributed by atoms with E-state index in [4.69, 9.17) is 9.57 Å². The molecule has 2 rings (SSSR count). The van der Waals surface area contributed by atoms with Crippen LogP contribution in [0.5, 0.6) is 0 Å². The molecule has 1 aromatic heterocycles. The molecule has 134 valence electrons. The quantitative estimate of drug-likeness (QED) is 0.611. The van der Waals surface area contributed by atoms with Gasteiger partial charge in [0.2, 0.25) is 0 Å². The number of hydroxylamine groups is 2. The molecule has 0 radical (unpaired) electrons. The van der Waals surface area contributed by atoms with Gasteiger partial charge in [-0.2, -0.15) is 0 Å². The van der Waals surface area contributed by atoms with Crippen LogP contribution in [0.3, 0.4) is 0 Å². The van der Waals surface area contributed by atoms with Gasteiger partial charge in [0.25, 0.3) is 11.8 Å². The summed E-state index contributed by atoms with van der Waals surface area (Å²) in [5.41, 5.74) is 3.93. The van der Waals surface area contributed by atoms with Crippen molar-refractivity contribution in [1.82, 2.24) is 15.5 Å². The maximum absolute atomic E-state index is 12.0. The normalized spacial score (nSPS) is 14.3. The van der Waals surface area contributed by atoms with Crippen molar-refractivity contribution in [2.75, 3.05) is 5.43 Å². The smallest absolute Gasteiger partial charge is 0.426 e. The van der Waals surface area contributed by atoms with Gasteiger partial charge in [-0.05, 0) is 32.9 Å². The van der Waals surface area contributed by atoms with Gasteiger partial charge >= 0.3 is 12.1 Å². The highest BCUT2D eigenvalue weighted by Crippen LogP contribution is 2.14. The van der Waals surface area contributed by atoms with E-state index in [0.29, 0.717) is 5.06 Å². The molecule has 0 unspecified atom stereocenters. The lowest BCUT2D eigenvalue weighted by Gasteiger charge is -2.20. The second-order valence-electron chi connectivity index (χ2n) is 6.12. The maximum Gasteiger partial charge on any atom is 0.426 e. The summed E-state index contributed by atoms with van der Waals surface area (Å²) < 4.78 is 5.04. The van der Waals surface area contributed by atoms with Crippen LogP contribution in [0, 0.1) is 0 Å². The number of hydrogen-bond acceptors (Lipinski definition) is 8. The van der Waals surface area contributed by atoms with Crippen molar-refractivity contribution in [2.24, 2.45) is 0 Å². The summed E-state index contributed by atoms with van der Waals surface area (Å²) in [4.78, 5) is 55.1. The summed E-state index contributed by atoms with van der Waals surface area (Å²) in [6.07, 6.45) is -0.724. The lowest BCUT2D eigenvalue weighted by atomic mass is 10.2. The lowest BCUT2D eigenvalue weighted by molar-refractivity contribution is -0.172. The number of carbonyl (C=O) groups excluding carboxylic acids is 4. The predicted molar refractivity (Wildman–Crippen MR) is 83.7 cm³/mol. The van der Waals surface area contributed by atoms with Crippen molar-refractivity contribution in [2.45, 2.75) is 39.2 Å². The van der Waals surface area contributed by atoms with Gasteiger partial charge < -0.3 is 9.57 Å². The predicted octanol–water partition coefficient (Wildman–Crippen LogP) is 1.15. The van der Waals surface area contributed by atoms with Gasteiger partial charge in [-0.1, -0.05) is 6.07 Å². The zero-order chi connectivity index (χ0) is 18.6. The van der Waals surface area contributed by atoms with Crippen LogP contribution in [0.1, 0.15) is 44.1 Å². The standard InChI is InChI=1S/C15H18N4O6/c1-15(2,3)24-14(23)18-17-10-6-4-5-9(16-10)13(22)25-19-11(20)7-8-12(19)21/h4-6H,7-8H2,1-3H3,(H,16,17)(H,18,23). The van der Waals surface area contributed by atoms with Crippen LogP contribution in [-0.2, 0) is 19.2 Å². The number of rotatable bonds is 4. The van der Waals surface area contributed by atoms with Crippen LogP contribution >= 0.6 is 0 Å². The van der Waals surface area contributed by atoms with E-state index in [1.807, 2.05) is 0 Å². The summed E-state index contributed by atoms with van der Waals surface area (Å²) in [6, 6.07) is 4.31. The average Bonchev–Trinajstić information content (AvgIpc) is 2.83. The zero-order valence-electron chi connectivity index (χ0n) is 14.0. The molecule has 0 aromatic carbocycles. The first-order valence-electron chi connectivity index (χ1n) is 7.46. The van der Waals surface area contributed by atoms with Gasteiger partial charge in [-0.3, -0.25) is 15.0 Å². The van der Waals surface area contributed by atoms with Crippen molar-refractivity contribution in [3.8, 4) is 0 Å². The highest BCUT2D eigenvalue weighted by atomic mass is 16.7. The Bertz CT molecular complexity index is 696. The summed E-state index contributed by atoms with van der Waals surface area (Å²) in [5.74, 6) is -2.00. The number of imide groups is 1. The second-order valence-corrected chi connectivity index (χ2v) is 6.12. The van der Waals surface area contributed by atoms with E-state index in [1.165, 1.54) is 18.2 Å². The molecule has 10 nitrogen and oxygen atoms in total. The molecule has 1 aromatic rings. The topological polar surface area (TPSA) is 127 Å². The summed E-state index contributed by atoms with van der Waals surface area (Å²) in [5, 5.41) is 0.434. The third-order valence-electron chi connectivity index (χ3n) is 2.83. The van der Waals surface area contributed by atoms with Gasteiger partial charge in [-0.25, -0.2) is 20.0 Å². The Labute approximate surface area is 143 Å². The van der Waals surface area contributed by atoms with Gasteiger partial charge in [0.15, 0.2) is 5.69 Å². The fraction of sp³-hybridized carbons (Fsp3) is 0.400. The van der Waals surface area contributed by atoms with Crippen LogP contribution in [0.25, 0.3) is 0 Å². The van der Waals surface area contributed by atoms with Crippen LogP contribution in [-0.4, -0.2) is 39.5 Å². The highest BCUT2D eigenvalue weighted by molar-refractivity contribution is 6.02. The molecule has 0 atom stereocenters. The fourth-order valence-corrected chi connectivity index (χ4v) is 1.82. The summed E-state index contributed by atoms with van der Waals surface area (Å²) in [7, 11) is 0. The van der Waals surface area contributed by atoms with E-state index in [9.17, 15) is 19.2 Å². The number of amides is 3. The number of pyridine rings is 1. The molecule has 10 heteroatoms. The monoisotopic (exact) mass is 350 g/mol. The first-order valence-corrected chi connectivity index (χ1v) is 7.46. The van der Waals surface area contributed by atoms with Crippen LogP contribution in [0.2, 0.25) is 0 Å². The van der Waals surface area contributed by atoms with Crippen molar-refractivity contribution in [3.05, 3.63) is 23.9 Å². The van der Waals surface area contributed by atoms with E-state index in [-0.39, 0.29) is 24.4 Å². The first kappa shape index (κ1) is 18.2. The van der Waals surface area contributed by atoms with E-state index >= 15 is 0 Å². The van der Waals surface area contributed by atoms with E-state index in [2.05, 4.69) is 15.8 Å². The molecule has 25 heavy (non-hydrogen) atoms. The Balaban J connectivity index is 1.96. The largest absolute Gasteiger partial charge is 0.443 e. The molecular formula is C15H18N4O6. The molecule has 2 N–H and O–H groups in total. The molecule has 1 aliphatic rings. The summed E-state index contributed by atoms with van der Waals surface area (Å²) >= 11 is 0. The number of hydrazine groups is 1. The molecule has 1 fully saturated rings. The Morgan fingerprint density at radius 3 is 2.40 bits per heavy atom. The molecule has 0 bridgehead atoms. The number of carbonyl (C=O) groups is 4. The van der Waals surface area contributed by atoms with Crippen molar-refractivity contribution in [3.63, 3.8) is 0 Å². The molecule has 0 aliphatic carbocycles. The number of nitrogens with zero attached hydrogens (tertiary/aromatic N) is 2. The molecule has 1 saturated heterocycles. The Morgan fingerprint density at radius 1 is 1.16 bits per heavy atom. The Kier molecular flexibility index (Phi) is 5.20. The summed E-state index contributed by atoms with van der Waals surface area (Å²) in [6.45, 7) is 5.13. The number of aromatic nitrogens is 1. The van der Waals surface area contributed by atoms with Gasteiger partial charge in [-0.15, -0.1) is 5.06 Å². The number of nitrogens with one attached hydrogen (secondary N) is 2.